The van der Waals surface area contributed by atoms with E-state index in [0.29, 0.717) is 6.54 Å². The van der Waals surface area contributed by atoms with Crippen LogP contribution in [0.1, 0.15) is 16.8 Å². The fourth-order valence-electron chi connectivity index (χ4n) is 2.52. The van der Waals surface area contributed by atoms with Crippen LogP contribution in [-0.4, -0.2) is 14.8 Å². The minimum atomic E-state index is 0.479. The van der Waals surface area contributed by atoms with Crippen LogP contribution < -0.4 is 5.73 Å². The summed E-state index contributed by atoms with van der Waals surface area (Å²) in [5.74, 6) is 0.752. The number of hydrogen-bond donors (Lipinski definition) is 1. The van der Waals surface area contributed by atoms with Gasteiger partial charge in [0.05, 0.1) is 11.6 Å². The number of nitrogens with zero attached hydrogens (tertiary/aromatic N) is 3. The first-order valence-electron chi connectivity index (χ1n) is 6.20. The van der Waals surface area contributed by atoms with Crippen LogP contribution >= 0.6 is 0 Å². The van der Waals surface area contributed by atoms with Crippen molar-refractivity contribution in [1.29, 1.82) is 0 Å². The molecule has 0 spiro atoms. The van der Waals surface area contributed by atoms with Crippen molar-refractivity contribution in [2.75, 3.05) is 0 Å². The maximum atomic E-state index is 5.83. The molecule has 0 fully saturated rings. The molecule has 19 heavy (non-hydrogen) atoms. The Bertz CT molecular complexity index is 741. The van der Waals surface area contributed by atoms with Crippen molar-refractivity contribution in [3.63, 3.8) is 0 Å². The first-order valence-corrected chi connectivity index (χ1v) is 6.20. The molecule has 0 aromatic carbocycles. The van der Waals surface area contributed by atoms with Crippen molar-refractivity contribution in [3.05, 3.63) is 35.2 Å². The van der Waals surface area contributed by atoms with Crippen LogP contribution in [0, 0.1) is 13.8 Å². The second-order valence-corrected chi connectivity index (χ2v) is 4.65. The van der Waals surface area contributed by atoms with E-state index in [0.717, 1.165) is 39.3 Å². The molecule has 0 bridgehead atoms. The van der Waals surface area contributed by atoms with Crippen LogP contribution in [0.4, 0.5) is 0 Å². The highest BCUT2D eigenvalue weighted by Crippen LogP contribution is 2.31. The van der Waals surface area contributed by atoms with E-state index in [1.54, 1.807) is 10.9 Å². The van der Waals surface area contributed by atoms with E-state index in [-0.39, 0.29) is 0 Å². The topological polar surface area (TPSA) is 69.9 Å². The van der Waals surface area contributed by atoms with Gasteiger partial charge in [-0.1, -0.05) is 0 Å². The number of furan rings is 1. The average molecular weight is 256 g/mol. The SMILES string of the molecule is Cc1nc2c(c(-c3ccco3)nn2C)c(C)c1CN. The molecule has 3 aromatic heterocycles. The van der Waals surface area contributed by atoms with Gasteiger partial charge in [0.2, 0.25) is 0 Å². The largest absolute Gasteiger partial charge is 0.463 e. The van der Waals surface area contributed by atoms with E-state index in [1.165, 1.54) is 0 Å². The van der Waals surface area contributed by atoms with Crippen molar-refractivity contribution in [2.24, 2.45) is 12.8 Å². The summed E-state index contributed by atoms with van der Waals surface area (Å²) in [6, 6.07) is 3.76. The predicted molar refractivity (Wildman–Crippen MR) is 73.6 cm³/mol. The summed E-state index contributed by atoms with van der Waals surface area (Å²) >= 11 is 0. The second-order valence-electron chi connectivity index (χ2n) is 4.65. The van der Waals surface area contributed by atoms with Crippen LogP contribution in [0.3, 0.4) is 0 Å². The zero-order chi connectivity index (χ0) is 13.6. The van der Waals surface area contributed by atoms with Crippen molar-refractivity contribution in [1.82, 2.24) is 14.8 Å². The van der Waals surface area contributed by atoms with Crippen LogP contribution in [0.15, 0.2) is 22.8 Å². The standard InChI is InChI=1S/C14H16N4O/c1-8-10(7-15)9(2)16-14-12(8)13(17-18(14)3)11-5-4-6-19-11/h4-6H,7,15H2,1-3H3. The highest BCUT2D eigenvalue weighted by molar-refractivity contribution is 5.93. The first kappa shape index (κ1) is 11.9. The number of fused-ring (bicyclic) bond motifs is 1. The number of nitrogens with two attached hydrogens (primary N) is 1. The third-order valence-corrected chi connectivity index (χ3v) is 3.51. The number of aryl methyl sites for hydroxylation is 3. The molecular formula is C14H16N4O. The molecule has 0 saturated carbocycles. The summed E-state index contributed by atoms with van der Waals surface area (Å²) in [6.45, 7) is 4.52. The van der Waals surface area contributed by atoms with Gasteiger partial charge in [-0.15, -0.1) is 0 Å². The lowest BCUT2D eigenvalue weighted by Crippen LogP contribution is -2.05. The van der Waals surface area contributed by atoms with Gasteiger partial charge < -0.3 is 10.2 Å². The van der Waals surface area contributed by atoms with Crippen molar-refractivity contribution < 1.29 is 4.42 Å². The fourth-order valence-corrected chi connectivity index (χ4v) is 2.52. The Labute approximate surface area is 111 Å². The van der Waals surface area contributed by atoms with Crippen LogP contribution in [0.25, 0.3) is 22.5 Å². The molecule has 2 N–H and O–H groups in total. The molecule has 98 valence electrons. The molecule has 0 aliphatic rings. The van der Waals surface area contributed by atoms with Gasteiger partial charge in [0.1, 0.15) is 5.69 Å². The van der Waals surface area contributed by atoms with E-state index in [9.17, 15) is 0 Å². The van der Waals surface area contributed by atoms with Gasteiger partial charge >= 0.3 is 0 Å². The Morgan fingerprint density at radius 1 is 1.37 bits per heavy atom. The lowest BCUT2D eigenvalue weighted by atomic mass is 10.0. The third-order valence-electron chi connectivity index (χ3n) is 3.51. The van der Waals surface area contributed by atoms with Crippen LogP contribution in [0.2, 0.25) is 0 Å². The third kappa shape index (κ3) is 1.66. The zero-order valence-electron chi connectivity index (χ0n) is 11.3. The van der Waals surface area contributed by atoms with Crippen molar-refractivity contribution >= 4 is 11.0 Å². The highest BCUT2D eigenvalue weighted by Gasteiger charge is 2.19. The molecule has 0 saturated heterocycles. The summed E-state index contributed by atoms with van der Waals surface area (Å²) in [5, 5.41) is 5.55. The molecule has 0 radical (unpaired) electrons. The molecule has 3 heterocycles. The highest BCUT2D eigenvalue weighted by atomic mass is 16.3. The lowest BCUT2D eigenvalue weighted by Gasteiger charge is -2.08. The van der Waals surface area contributed by atoms with E-state index in [4.69, 9.17) is 10.2 Å². The van der Waals surface area contributed by atoms with Gasteiger partial charge in [0, 0.05) is 19.3 Å². The summed E-state index contributed by atoms with van der Waals surface area (Å²) in [6.07, 6.45) is 1.65. The van der Waals surface area contributed by atoms with Gasteiger partial charge in [-0.25, -0.2) is 9.67 Å². The van der Waals surface area contributed by atoms with Crippen LogP contribution in [0.5, 0.6) is 0 Å². The monoisotopic (exact) mass is 256 g/mol. The van der Waals surface area contributed by atoms with E-state index in [2.05, 4.69) is 17.0 Å². The Morgan fingerprint density at radius 2 is 2.16 bits per heavy atom. The zero-order valence-corrected chi connectivity index (χ0v) is 11.3. The maximum absolute atomic E-state index is 5.83. The first-order chi connectivity index (χ1) is 9.13. The Morgan fingerprint density at radius 3 is 2.79 bits per heavy atom. The van der Waals surface area contributed by atoms with E-state index >= 15 is 0 Å². The second kappa shape index (κ2) is 4.20. The number of rotatable bonds is 2. The molecule has 0 amide bonds. The maximum Gasteiger partial charge on any atom is 0.158 e. The molecule has 0 aliphatic carbocycles. The quantitative estimate of drug-likeness (QED) is 0.763. The van der Waals surface area contributed by atoms with Gasteiger partial charge in [0.15, 0.2) is 11.4 Å². The van der Waals surface area contributed by atoms with E-state index in [1.807, 2.05) is 26.1 Å². The van der Waals surface area contributed by atoms with Crippen LogP contribution in [-0.2, 0) is 13.6 Å². The van der Waals surface area contributed by atoms with Gasteiger partial charge in [-0.2, -0.15) is 5.10 Å². The van der Waals surface area contributed by atoms with Gasteiger partial charge in [0.25, 0.3) is 0 Å². The minimum absolute atomic E-state index is 0.479. The van der Waals surface area contributed by atoms with Gasteiger partial charge in [-0.3, -0.25) is 0 Å². The molecule has 3 aromatic rings. The lowest BCUT2D eigenvalue weighted by molar-refractivity contribution is 0.578. The number of hydrogen-bond acceptors (Lipinski definition) is 4. The molecule has 0 unspecified atom stereocenters. The number of aromatic nitrogens is 3. The summed E-state index contributed by atoms with van der Waals surface area (Å²) in [4.78, 5) is 4.62. The Hall–Kier alpha value is -2.14. The molecule has 3 rings (SSSR count). The van der Waals surface area contributed by atoms with E-state index < -0.39 is 0 Å². The fraction of sp³-hybridized carbons (Fsp3) is 0.286. The average Bonchev–Trinajstić information content (AvgIpc) is 2.98. The van der Waals surface area contributed by atoms with Crippen molar-refractivity contribution in [2.45, 2.75) is 20.4 Å². The number of pyridine rings is 1. The summed E-state index contributed by atoms with van der Waals surface area (Å²) in [7, 11) is 1.89. The predicted octanol–water partition coefficient (Wildman–Crippen LogP) is 2.30. The molecule has 0 aliphatic heterocycles. The molecule has 5 heteroatoms. The Balaban J connectivity index is 2.43. The molecular weight excluding hydrogens is 240 g/mol. The Kier molecular flexibility index (Phi) is 2.64. The van der Waals surface area contributed by atoms with Crippen molar-refractivity contribution in [3.8, 4) is 11.5 Å². The summed E-state index contributed by atoms with van der Waals surface area (Å²) in [5.41, 5.74) is 10.7. The smallest absolute Gasteiger partial charge is 0.158 e. The molecule has 0 atom stereocenters. The summed E-state index contributed by atoms with van der Waals surface area (Å²) < 4.78 is 7.25. The normalized spacial score (nSPS) is 11.4. The minimum Gasteiger partial charge on any atom is -0.463 e. The molecule has 5 nitrogen and oxygen atoms in total. The van der Waals surface area contributed by atoms with Gasteiger partial charge in [-0.05, 0) is 37.1 Å².